The van der Waals surface area contributed by atoms with Gasteiger partial charge in [0.1, 0.15) is 0 Å². The Labute approximate surface area is 119 Å². The van der Waals surface area contributed by atoms with Gasteiger partial charge in [0.2, 0.25) is 12.3 Å². The lowest BCUT2D eigenvalue weighted by atomic mass is 10.0. The molecule has 5 nitrogen and oxygen atoms in total. The van der Waals surface area contributed by atoms with Gasteiger partial charge in [-0.2, -0.15) is 0 Å². The van der Waals surface area contributed by atoms with Crippen LogP contribution in [0.4, 0.5) is 0 Å². The van der Waals surface area contributed by atoms with E-state index >= 15 is 0 Å². The van der Waals surface area contributed by atoms with Crippen LogP contribution in [0, 0.1) is 6.92 Å². The van der Waals surface area contributed by atoms with Gasteiger partial charge in [0.05, 0.1) is 4.88 Å². The molecule has 1 amide bonds. The van der Waals surface area contributed by atoms with Crippen molar-refractivity contribution in [2.24, 2.45) is 5.73 Å². The minimum atomic E-state index is -0.410. The number of aromatic nitrogens is 2. The topological polar surface area (TPSA) is 82.0 Å². The Bertz CT molecular complexity index is 763. The van der Waals surface area contributed by atoms with E-state index in [4.69, 9.17) is 10.2 Å². The molecule has 1 aromatic carbocycles. The first-order valence-corrected chi connectivity index (χ1v) is 6.74. The first kappa shape index (κ1) is 12.6. The standard InChI is InChI=1S/C14H11N3O2S/c1-8-2-3-9(14-17-16-7-19-14)6-10(8)11-4-5-12(20-11)13(15)18/h2-7H,1H3,(H2,15,18). The lowest BCUT2D eigenvalue weighted by molar-refractivity contribution is 0.100. The second-order valence-corrected chi connectivity index (χ2v) is 5.39. The largest absolute Gasteiger partial charge is 0.423 e. The number of rotatable bonds is 3. The van der Waals surface area contributed by atoms with Gasteiger partial charge < -0.3 is 10.2 Å². The molecule has 2 heterocycles. The van der Waals surface area contributed by atoms with Crippen molar-refractivity contribution >= 4 is 17.2 Å². The van der Waals surface area contributed by atoms with E-state index in [0.717, 1.165) is 21.6 Å². The molecule has 0 saturated heterocycles. The van der Waals surface area contributed by atoms with Crippen molar-refractivity contribution in [2.45, 2.75) is 6.92 Å². The molecule has 0 atom stereocenters. The normalized spacial score (nSPS) is 10.7. The van der Waals surface area contributed by atoms with E-state index in [9.17, 15) is 4.79 Å². The van der Waals surface area contributed by atoms with Crippen molar-refractivity contribution in [3.8, 4) is 21.9 Å². The van der Waals surface area contributed by atoms with Crippen molar-refractivity contribution in [1.29, 1.82) is 0 Å². The monoisotopic (exact) mass is 285 g/mol. The fraction of sp³-hybridized carbons (Fsp3) is 0.0714. The number of aryl methyl sites for hydroxylation is 1. The van der Waals surface area contributed by atoms with Crippen molar-refractivity contribution < 1.29 is 9.21 Å². The van der Waals surface area contributed by atoms with Crippen molar-refractivity contribution in [3.05, 3.63) is 47.2 Å². The molecular weight excluding hydrogens is 274 g/mol. The minimum absolute atomic E-state index is 0.410. The van der Waals surface area contributed by atoms with Crippen LogP contribution in [0.2, 0.25) is 0 Å². The number of carbonyl (C=O) groups is 1. The van der Waals surface area contributed by atoms with E-state index in [1.165, 1.54) is 17.7 Å². The number of hydrogen-bond acceptors (Lipinski definition) is 5. The van der Waals surface area contributed by atoms with E-state index in [2.05, 4.69) is 10.2 Å². The zero-order valence-corrected chi connectivity index (χ0v) is 11.5. The van der Waals surface area contributed by atoms with Gasteiger partial charge in [0.15, 0.2) is 0 Å². The van der Waals surface area contributed by atoms with E-state index in [1.807, 2.05) is 31.2 Å². The molecule has 2 aromatic heterocycles. The predicted octanol–water partition coefficient (Wildman–Crippen LogP) is 2.87. The number of benzene rings is 1. The number of nitrogens with zero attached hydrogens (tertiary/aromatic N) is 2. The van der Waals surface area contributed by atoms with Crippen LogP contribution in [-0.2, 0) is 0 Å². The van der Waals surface area contributed by atoms with E-state index in [1.54, 1.807) is 6.07 Å². The molecule has 3 rings (SSSR count). The van der Waals surface area contributed by atoms with Gasteiger partial charge in [-0.05, 0) is 42.3 Å². The zero-order chi connectivity index (χ0) is 14.1. The van der Waals surface area contributed by atoms with Crippen molar-refractivity contribution in [1.82, 2.24) is 10.2 Å². The predicted molar refractivity (Wildman–Crippen MR) is 76.3 cm³/mol. The fourth-order valence-electron chi connectivity index (χ4n) is 1.93. The molecule has 2 N–H and O–H groups in total. The minimum Gasteiger partial charge on any atom is -0.423 e. The number of nitrogens with two attached hydrogens (primary N) is 1. The summed E-state index contributed by atoms with van der Waals surface area (Å²) in [6.07, 6.45) is 1.30. The molecule has 6 heteroatoms. The van der Waals surface area contributed by atoms with Gasteiger partial charge in [0, 0.05) is 10.4 Å². The highest BCUT2D eigenvalue weighted by atomic mass is 32.1. The Kier molecular flexibility index (Phi) is 3.08. The summed E-state index contributed by atoms with van der Waals surface area (Å²) in [5.41, 5.74) is 8.26. The first-order chi connectivity index (χ1) is 9.65. The molecule has 0 fully saturated rings. The smallest absolute Gasteiger partial charge is 0.258 e. The number of amides is 1. The fourth-order valence-corrected chi connectivity index (χ4v) is 2.87. The Balaban J connectivity index is 2.08. The summed E-state index contributed by atoms with van der Waals surface area (Å²) in [7, 11) is 0. The molecule has 0 spiro atoms. The molecule has 0 aliphatic rings. The second-order valence-electron chi connectivity index (χ2n) is 4.30. The molecular formula is C14H11N3O2S. The summed E-state index contributed by atoms with van der Waals surface area (Å²) in [4.78, 5) is 12.7. The second kappa shape index (κ2) is 4.90. The molecule has 0 aliphatic heterocycles. The van der Waals surface area contributed by atoms with Gasteiger partial charge in [-0.15, -0.1) is 21.5 Å². The molecule has 0 radical (unpaired) electrons. The maximum Gasteiger partial charge on any atom is 0.258 e. The third kappa shape index (κ3) is 2.21. The molecule has 0 unspecified atom stereocenters. The average molecular weight is 285 g/mol. The quantitative estimate of drug-likeness (QED) is 0.802. The van der Waals surface area contributed by atoms with Crippen LogP contribution < -0.4 is 5.73 Å². The number of carbonyl (C=O) groups excluding carboxylic acids is 1. The van der Waals surface area contributed by atoms with E-state index < -0.39 is 5.91 Å². The van der Waals surface area contributed by atoms with Gasteiger partial charge in [0.25, 0.3) is 5.91 Å². The van der Waals surface area contributed by atoms with Crippen LogP contribution in [0.5, 0.6) is 0 Å². The van der Waals surface area contributed by atoms with E-state index in [0.29, 0.717) is 10.8 Å². The highest BCUT2D eigenvalue weighted by Gasteiger charge is 2.11. The van der Waals surface area contributed by atoms with Gasteiger partial charge in [-0.25, -0.2) is 0 Å². The van der Waals surface area contributed by atoms with Crippen LogP contribution in [0.25, 0.3) is 21.9 Å². The van der Waals surface area contributed by atoms with Crippen molar-refractivity contribution in [3.63, 3.8) is 0 Å². The summed E-state index contributed by atoms with van der Waals surface area (Å²) in [6, 6.07) is 9.51. The first-order valence-electron chi connectivity index (χ1n) is 5.92. The Hall–Kier alpha value is -2.47. The highest BCUT2D eigenvalue weighted by molar-refractivity contribution is 7.17. The SMILES string of the molecule is Cc1ccc(-c2nnco2)cc1-c1ccc(C(N)=O)s1. The molecule has 0 aliphatic carbocycles. The molecule has 0 saturated carbocycles. The maximum absolute atomic E-state index is 11.2. The van der Waals surface area contributed by atoms with Crippen LogP contribution in [0.15, 0.2) is 41.1 Å². The Morgan fingerprint density at radius 2 is 2.15 bits per heavy atom. The summed E-state index contributed by atoms with van der Waals surface area (Å²) < 4.78 is 5.20. The number of hydrogen-bond donors (Lipinski definition) is 1. The highest BCUT2D eigenvalue weighted by Crippen LogP contribution is 2.33. The third-order valence-electron chi connectivity index (χ3n) is 2.96. The van der Waals surface area contributed by atoms with Gasteiger partial charge in [-0.3, -0.25) is 4.79 Å². The van der Waals surface area contributed by atoms with Gasteiger partial charge in [-0.1, -0.05) is 6.07 Å². The van der Waals surface area contributed by atoms with Gasteiger partial charge >= 0.3 is 0 Å². The van der Waals surface area contributed by atoms with Crippen LogP contribution in [0.3, 0.4) is 0 Å². The summed E-state index contributed by atoms with van der Waals surface area (Å²) >= 11 is 1.37. The van der Waals surface area contributed by atoms with E-state index in [-0.39, 0.29) is 0 Å². The molecule has 0 bridgehead atoms. The molecule has 3 aromatic rings. The van der Waals surface area contributed by atoms with Crippen LogP contribution in [0.1, 0.15) is 15.2 Å². The molecule has 100 valence electrons. The number of thiophene rings is 1. The average Bonchev–Trinajstić information content (AvgIpc) is 3.10. The number of primary amides is 1. The third-order valence-corrected chi connectivity index (χ3v) is 4.09. The van der Waals surface area contributed by atoms with Crippen molar-refractivity contribution in [2.75, 3.05) is 0 Å². The lowest BCUT2D eigenvalue weighted by Gasteiger charge is -2.05. The Morgan fingerprint density at radius 3 is 2.80 bits per heavy atom. The van der Waals surface area contributed by atoms with Crippen LogP contribution in [-0.4, -0.2) is 16.1 Å². The molecule has 20 heavy (non-hydrogen) atoms. The Morgan fingerprint density at radius 1 is 1.30 bits per heavy atom. The summed E-state index contributed by atoms with van der Waals surface area (Å²) in [6.45, 7) is 2.01. The lowest BCUT2D eigenvalue weighted by Crippen LogP contribution is -2.07. The maximum atomic E-state index is 11.2. The zero-order valence-electron chi connectivity index (χ0n) is 10.7. The summed E-state index contributed by atoms with van der Waals surface area (Å²) in [5, 5.41) is 7.57. The summed E-state index contributed by atoms with van der Waals surface area (Å²) in [5.74, 6) is 0.0601. The van der Waals surface area contributed by atoms with Crippen LogP contribution >= 0.6 is 11.3 Å².